The summed E-state index contributed by atoms with van der Waals surface area (Å²) in [5.41, 5.74) is -0.160. The van der Waals surface area contributed by atoms with E-state index in [2.05, 4.69) is 22.6 Å². The van der Waals surface area contributed by atoms with E-state index in [0.29, 0.717) is 24.7 Å². The number of allylic oxidation sites excluding steroid dienone is 2. The SMILES string of the molecule is CCC(C)(Cn1nc(CNC)cc1OCC1=CCCC=C1)C(F)(F)F. The summed E-state index contributed by atoms with van der Waals surface area (Å²) in [7, 11) is 1.77. The molecule has 1 N–H and O–H groups in total. The number of aromatic nitrogens is 2. The summed E-state index contributed by atoms with van der Waals surface area (Å²) in [4.78, 5) is 0. The molecule has 0 fully saturated rings. The average molecular weight is 357 g/mol. The van der Waals surface area contributed by atoms with Crippen molar-refractivity contribution in [2.75, 3.05) is 13.7 Å². The van der Waals surface area contributed by atoms with Gasteiger partial charge in [0, 0.05) is 12.6 Å². The van der Waals surface area contributed by atoms with Crippen LogP contribution in [0.3, 0.4) is 0 Å². The Balaban J connectivity index is 2.20. The van der Waals surface area contributed by atoms with Crippen LogP contribution in [0.4, 0.5) is 13.2 Å². The zero-order valence-electron chi connectivity index (χ0n) is 15.0. The molecule has 1 aliphatic carbocycles. The highest BCUT2D eigenvalue weighted by Crippen LogP contribution is 2.42. The van der Waals surface area contributed by atoms with E-state index >= 15 is 0 Å². The highest BCUT2D eigenvalue weighted by Gasteiger charge is 2.50. The normalized spacial score (nSPS) is 17.3. The molecule has 0 aromatic carbocycles. The van der Waals surface area contributed by atoms with Crippen LogP contribution in [0.2, 0.25) is 0 Å². The zero-order valence-corrected chi connectivity index (χ0v) is 15.0. The molecule has 1 atom stereocenters. The fourth-order valence-electron chi connectivity index (χ4n) is 2.61. The van der Waals surface area contributed by atoms with Gasteiger partial charge in [-0.1, -0.05) is 25.2 Å². The Labute approximate surface area is 146 Å². The van der Waals surface area contributed by atoms with Crippen molar-refractivity contribution in [2.24, 2.45) is 5.41 Å². The van der Waals surface area contributed by atoms with Crippen LogP contribution in [0, 0.1) is 5.41 Å². The van der Waals surface area contributed by atoms with Gasteiger partial charge in [0.2, 0.25) is 5.88 Å². The molecule has 2 rings (SSSR count). The van der Waals surface area contributed by atoms with E-state index in [1.165, 1.54) is 11.6 Å². The molecule has 1 aliphatic rings. The van der Waals surface area contributed by atoms with Crippen LogP contribution in [-0.4, -0.2) is 29.6 Å². The first-order valence-electron chi connectivity index (χ1n) is 8.55. The number of nitrogens with one attached hydrogen (secondary N) is 1. The van der Waals surface area contributed by atoms with E-state index in [-0.39, 0.29) is 13.0 Å². The van der Waals surface area contributed by atoms with Crippen LogP contribution >= 0.6 is 0 Å². The summed E-state index contributed by atoms with van der Waals surface area (Å²) >= 11 is 0. The standard InChI is InChI=1S/C18H26F3N3O/c1-4-17(2,18(19,20)21)13-24-16(10-15(23-24)11-22-3)25-12-14-8-6-5-7-9-14/h6,8-10,22H,4-5,7,11-13H2,1-3H3. The summed E-state index contributed by atoms with van der Waals surface area (Å²) < 4.78 is 47.5. The Morgan fingerprint density at radius 1 is 1.32 bits per heavy atom. The van der Waals surface area contributed by atoms with Gasteiger partial charge in [0.1, 0.15) is 6.61 Å². The summed E-state index contributed by atoms with van der Waals surface area (Å²) in [6, 6.07) is 1.70. The Morgan fingerprint density at radius 3 is 2.64 bits per heavy atom. The van der Waals surface area contributed by atoms with Crippen molar-refractivity contribution in [1.82, 2.24) is 15.1 Å². The lowest BCUT2D eigenvalue weighted by Crippen LogP contribution is -2.39. The van der Waals surface area contributed by atoms with Gasteiger partial charge in [-0.3, -0.25) is 0 Å². The minimum atomic E-state index is -4.30. The molecule has 0 spiro atoms. The lowest BCUT2D eigenvalue weighted by atomic mass is 9.87. The van der Waals surface area contributed by atoms with Gasteiger partial charge in [-0.25, -0.2) is 4.68 Å². The van der Waals surface area contributed by atoms with Crippen molar-refractivity contribution in [2.45, 2.75) is 52.4 Å². The highest BCUT2D eigenvalue weighted by molar-refractivity contribution is 5.24. The van der Waals surface area contributed by atoms with Gasteiger partial charge in [-0.15, -0.1) is 0 Å². The average Bonchev–Trinajstić information content (AvgIpc) is 2.94. The Hall–Kier alpha value is -1.76. The van der Waals surface area contributed by atoms with Crippen LogP contribution in [0.15, 0.2) is 29.9 Å². The van der Waals surface area contributed by atoms with Crippen molar-refractivity contribution >= 4 is 0 Å². The molecule has 0 saturated carbocycles. The highest BCUT2D eigenvalue weighted by atomic mass is 19.4. The van der Waals surface area contributed by atoms with E-state index in [9.17, 15) is 13.2 Å². The van der Waals surface area contributed by atoms with E-state index in [0.717, 1.165) is 18.4 Å². The maximum Gasteiger partial charge on any atom is 0.396 e. The molecule has 140 valence electrons. The van der Waals surface area contributed by atoms with Crippen LogP contribution in [0.5, 0.6) is 5.88 Å². The topological polar surface area (TPSA) is 39.1 Å². The van der Waals surface area contributed by atoms with Crippen LogP contribution in [-0.2, 0) is 13.1 Å². The summed E-state index contributed by atoms with van der Waals surface area (Å²) in [5, 5.41) is 7.26. The molecular formula is C18H26F3N3O. The molecule has 1 aromatic heterocycles. The second-order valence-electron chi connectivity index (χ2n) is 6.62. The van der Waals surface area contributed by atoms with Gasteiger partial charge in [0.25, 0.3) is 0 Å². The molecule has 7 heteroatoms. The molecule has 1 aromatic rings. The number of halogens is 3. The molecule has 1 heterocycles. The van der Waals surface area contributed by atoms with Gasteiger partial charge in [0.15, 0.2) is 0 Å². The predicted octanol–water partition coefficient (Wildman–Crippen LogP) is 4.24. The zero-order chi connectivity index (χ0) is 18.5. The first-order valence-corrected chi connectivity index (χ1v) is 8.55. The molecule has 0 saturated heterocycles. The third-order valence-corrected chi connectivity index (χ3v) is 4.57. The molecule has 0 bridgehead atoms. The van der Waals surface area contributed by atoms with Crippen molar-refractivity contribution in [3.05, 3.63) is 35.6 Å². The molecule has 1 unspecified atom stereocenters. The fourth-order valence-corrected chi connectivity index (χ4v) is 2.61. The smallest absolute Gasteiger partial charge is 0.396 e. The Bertz CT molecular complexity index is 634. The fraction of sp³-hybridized carbons (Fsp3) is 0.611. The number of alkyl halides is 3. The summed E-state index contributed by atoms with van der Waals surface area (Å²) in [6.07, 6.45) is 3.79. The number of ether oxygens (including phenoxy) is 1. The van der Waals surface area contributed by atoms with E-state index in [4.69, 9.17) is 4.74 Å². The summed E-state index contributed by atoms with van der Waals surface area (Å²) in [5.74, 6) is 0.369. The third kappa shape index (κ3) is 4.87. The number of rotatable bonds is 8. The molecule has 0 radical (unpaired) electrons. The minimum Gasteiger partial charge on any atom is -0.473 e. The predicted molar refractivity (Wildman–Crippen MR) is 91.4 cm³/mol. The molecule has 0 amide bonds. The van der Waals surface area contributed by atoms with E-state index in [1.807, 2.05) is 6.08 Å². The van der Waals surface area contributed by atoms with Gasteiger partial charge >= 0.3 is 6.18 Å². The molecule has 4 nitrogen and oxygen atoms in total. The summed E-state index contributed by atoms with van der Waals surface area (Å²) in [6.45, 7) is 3.31. The van der Waals surface area contributed by atoms with Gasteiger partial charge in [0.05, 0.1) is 17.7 Å². The maximum absolute atomic E-state index is 13.4. The van der Waals surface area contributed by atoms with E-state index < -0.39 is 11.6 Å². The van der Waals surface area contributed by atoms with Crippen molar-refractivity contribution in [3.8, 4) is 5.88 Å². The largest absolute Gasteiger partial charge is 0.473 e. The number of hydrogen-bond donors (Lipinski definition) is 1. The third-order valence-electron chi connectivity index (χ3n) is 4.57. The minimum absolute atomic E-state index is 0.0228. The maximum atomic E-state index is 13.4. The first-order chi connectivity index (χ1) is 11.8. The van der Waals surface area contributed by atoms with Crippen LogP contribution in [0.25, 0.3) is 0 Å². The second kappa shape index (κ2) is 8.08. The lowest BCUT2D eigenvalue weighted by Gasteiger charge is -2.31. The van der Waals surface area contributed by atoms with Crippen molar-refractivity contribution in [1.29, 1.82) is 0 Å². The van der Waals surface area contributed by atoms with Gasteiger partial charge in [-0.05, 0) is 38.8 Å². The van der Waals surface area contributed by atoms with E-state index in [1.54, 1.807) is 20.0 Å². The number of nitrogens with zero attached hydrogens (tertiary/aromatic N) is 2. The van der Waals surface area contributed by atoms with Crippen LogP contribution < -0.4 is 10.1 Å². The number of hydrogen-bond acceptors (Lipinski definition) is 3. The van der Waals surface area contributed by atoms with Gasteiger partial charge in [-0.2, -0.15) is 18.3 Å². The quantitative estimate of drug-likeness (QED) is 0.756. The lowest BCUT2D eigenvalue weighted by molar-refractivity contribution is -0.224. The van der Waals surface area contributed by atoms with Crippen molar-refractivity contribution < 1.29 is 17.9 Å². The molecule has 0 aliphatic heterocycles. The molecular weight excluding hydrogens is 331 g/mol. The van der Waals surface area contributed by atoms with Gasteiger partial charge < -0.3 is 10.1 Å². The Morgan fingerprint density at radius 2 is 2.08 bits per heavy atom. The van der Waals surface area contributed by atoms with Crippen LogP contribution in [0.1, 0.15) is 38.8 Å². The monoisotopic (exact) mass is 357 g/mol. The second-order valence-corrected chi connectivity index (χ2v) is 6.62. The Kier molecular flexibility index (Phi) is 6.32. The molecule has 25 heavy (non-hydrogen) atoms. The first kappa shape index (κ1) is 19.6. The van der Waals surface area contributed by atoms with Crippen molar-refractivity contribution in [3.63, 3.8) is 0 Å².